The molecule has 0 radical (unpaired) electrons. The second kappa shape index (κ2) is 7.94. The Morgan fingerprint density at radius 2 is 1.26 bits per heavy atom. The molecule has 0 N–H and O–H groups in total. The summed E-state index contributed by atoms with van der Waals surface area (Å²) in [5.74, 6) is -0.566. The topological polar surface area (TPSA) is 91.4 Å². The minimum atomic E-state index is -0.897. The zero-order chi connectivity index (χ0) is 21.2. The zero-order valence-electron chi connectivity index (χ0n) is 17.9. The highest BCUT2D eigenvalue weighted by molar-refractivity contribution is 5.82. The lowest BCUT2D eigenvalue weighted by molar-refractivity contribution is -0.160. The Bertz CT molecular complexity index is 530. The molecular weight excluding hydrogens is 354 g/mol. The van der Waals surface area contributed by atoms with Gasteiger partial charge in [-0.25, -0.2) is 14.4 Å². The Labute approximate surface area is 161 Å². The molecule has 156 valence electrons. The normalized spacial score (nSPS) is 20.9. The molecule has 0 aromatic carbocycles. The molecule has 1 fully saturated rings. The first-order valence-corrected chi connectivity index (χ1v) is 9.09. The van der Waals surface area contributed by atoms with Gasteiger partial charge in [-0.1, -0.05) is 0 Å². The maximum atomic E-state index is 12.6. The average molecular weight is 387 g/mol. The van der Waals surface area contributed by atoms with Gasteiger partial charge in [-0.05, 0) is 62.3 Å². The van der Waals surface area contributed by atoms with Crippen LogP contribution in [0.5, 0.6) is 0 Å². The van der Waals surface area contributed by atoms with Crippen molar-refractivity contribution in [3.8, 4) is 0 Å². The molecule has 1 rings (SSSR count). The van der Waals surface area contributed by atoms with Crippen LogP contribution in [0.25, 0.3) is 0 Å². The van der Waals surface area contributed by atoms with E-state index in [2.05, 4.69) is 0 Å². The van der Waals surface area contributed by atoms with Crippen molar-refractivity contribution in [1.29, 1.82) is 0 Å². The molecule has 1 saturated heterocycles. The third kappa shape index (κ3) is 8.49. The van der Waals surface area contributed by atoms with Crippen molar-refractivity contribution in [2.45, 2.75) is 97.7 Å². The first kappa shape index (κ1) is 23.0. The van der Waals surface area contributed by atoms with E-state index in [4.69, 9.17) is 18.9 Å². The molecule has 0 aromatic heterocycles. The van der Waals surface area contributed by atoms with Gasteiger partial charge in [0.2, 0.25) is 0 Å². The Hall–Kier alpha value is -1.99. The van der Waals surface area contributed by atoms with E-state index in [0.29, 0.717) is 0 Å². The maximum absolute atomic E-state index is 12.6. The van der Waals surface area contributed by atoms with E-state index in [0.717, 1.165) is 0 Å². The number of esters is 1. The lowest BCUT2D eigenvalue weighted by atomic mass is 10.1. The van der Waals surface area contributed by atoms with Crippen LogP contribution in [0, 0.1) is 0 Å². The Balaban J connectivity index is 2.90. The highest BCUT2D eigenvalue weighted by Gasteiger charge is 2.45. The molecule has 0 bridgehead atoms. The van der Waals surface area contributed by atoms with Crippen molar-refractivity contribution in [2.24, 2.45) is 0 Å². The monoisotopic (exact) mass is 387 g/mol. The van der Waals surface area contributed by atoms with Crippen molar-refractivity contribution < 1.29 is 33.3 Å². The summed E-state index contributed by atoms with van der Waals surface area (Å²) in [6, 6.07) is -0.897. The molecule has 8 heteroatoms. The molecule has 1 amide bonds. The molecule has 1 aliphatic heterocycles. The quantitative estimate of drug-likeness (QED) is 0.527. The van der Waals surface area contributed by atoms with Crippen LogP contribution in [0.15, 0.2) is 0 Å². The standard InChI is InChI=1S/C19H33NO7/c1-17(2,3)25-14(21)13-10-12(24-16(23)27-19(7,8)9)11-20(13)15(22)26-18(4,5)6/h12-13H,10-11H2,1-9H3/t12-,13+/m0/s1. The van der Waals surface area contributed by atoms with Gasteiger partial charge in [-0.15, -0.1) is 0 Å². The molecule has 0 saturated carbocycles. The van der Waals surface area contributed by atoms with Crippen molar-refractivity contribution >= 4 is 18.2 Å². The van der Waals surface area contributed by atoms with Crippen molar-refractivity contribution in [2.75, 3.05) is 6.54 Å². The van der Waals surface area contributed by atoms with Crippen LogP contribution in [0.3, 0.4) is 0 Å². The second-order valence-electron chi connectivity index (χ2n) is 9.62. The first-order chi connectivity index (χ1) is 12.0. The van der Waals surface area contributed by atoms with Crippen LogP contribution in [-0.2, 0) is 23.7 Å². The summed E-state index contributed by atoms with van der Waals surface area (Å²) in [6.07, 6.45) is -2.08. The van der Waals surface area contributed by atoms with Crippen LogP contribution >= 0.6 is 0 Å². The first-order valence-electron chi connectivity index (χ1n) is 9.09. The largest absolute Gasteiger partial charge is 0.509 e. The zero-order valence-corrected chi connectivity index (χ0v) is 17.9. The highest BCUT2D eigenvalue weighted by Crippen LogP contribution is 2.26. The number of carbonyl (C=O) groups is 3. The summed E-state index contributed by atoms with van der Waals surface area (Å²) in [7, 11) is 0. The fourth-order valence-corrected chi connectivity index (χ4v) is 2.41. The molecule has 2 atom stereocenters. The highest BCUT2D eigenvalue weighted by atomic mass is 16.7. The Morgan fingerprint density at radius 1 is 0.778 bits per heavy atom. The molecule has 8 nitrogen and oxygen atoms in total. The van der Waals surface area contributed by atoms with Crippen molar-refractivity contribution in [3.63, 3.8) is 0 Å². The van der Waals surface area contributed by atoms with Gasteiger partial charge >= 0.3 is 18.2 Å². The number of nitrogens with zero attached hydrogens (tertiary/aromatic N) is 1. The van der Waals surface area contributed by atoms with Crippen molar-refractivity contribution in [3.05, 3.63) is 0 Å². The van der Waals surface area contributed by atoms with Gasteiger partial charge in [-0.2, -0.15) is 0 Å². The van der Waals surface area contributed by atoms with Gasteiger partial charge in [0.05, 0.1) is 6.54 Å². The summed E-state index contributed by atoms with van der Waals surface area (Å²) >= 11 is 0. The lowest BCUT2D eigenvalue weighted by Gasteiger charge is -2.29. The molecule has 0 spiro atoms. The van der Waals surface area contributed by atoms with E-state index in [1.807, 2.05) is 0 Å². The predicted octanol–water partition coefficient (Wildman–Crippen LogP) is 3.66. The summed E-state index contributed by atoms with van der Waals surface area (Å²) < 4.78 is 21.2. The van der Waals surface area contributed by atoms with Gasteiger partial charge in [0.15, 0.2) is 0 Å². The van der Waals surface area contributed by atoms with E-state index in [-0.39, 0.29) is 13.0 Å². The van der Waals surface area contributed by atoms with Gasteiger partial charge in [0, 0.05) is 6.42 Å². The SMILES string of the molecule is CC(C)(C)OC(=O)O[C@H]1C[C@H](C(=O)OC(C)(C)C)N(C(=O)OC(C)(C)C)C1. The minimum Gasteiger partial charge on any atom is -0.458 e. The minimum absolute atomic E-state index is 0.0259. The Morgan fingerprint density at radius 3 is 1.70 bits per heavy atom. The van der Waals surface area contributed by atoms with E-state index >= 15 is 0 Å². The number of carbonyl (C=O) groups excluding carboxylic acids is 3. The van der Waals surface area contributed by atoms with Crippen LogP contribution in [0.4, 0.5) is 9.59 Å². The third-order valence-electron chi connectivity index (χ3n) is 3.22. The van der Waals surface area contributed by atoms with Gasteiger partial charge < -0.3 is 18.9 Å². The van der Waals surface area contributed by atoms with E-state index in [1.165, 1.54) is 4.90 Å². The summed E-state index contributed by atoms with van der Waals surface area (Å²) in [4.78, 5) is 38.3. The summed E-state index contributed by atoms with van der Waals surface area (Å²) in [5, 5.41) is 0. The smallest absolute Gasteiger partial charge is 0.458 e. The van der Waals surface area contributed by atoms with Crippen LogP contribution in [0.2, 0.25) is 0 Å². The number of hydrogen-bond donors (Lipinski definition) is 0. The average Bonchev–Trinajstić information content (AvgIpc) is 2.76. The predicted molar refractivity (Wildman–Crippen MR) is 98.3 cm³/mol. The lowest BCUT2D eigenvalue weighted by Crippen LogP contribution is -2.45. The van der Waals surface area contributed by atoms with E-state index < -0.39 is 47.2 Å². The molecular formula is C19H33NO7. The Kier molecular flexibility index (Phi) is 6.78. The number of rotatable bonds is 2. The molecule has 0 unspecified atom stereocenters. The number of likely N-dealkylation sites (tertiary alicyclic amines) is 1. The van der Waals surface area contributed by atoms with Crippen LogP contribution in [0.1, 0.15) is 68.7 Å². The van der Waals surface area contributed by atoms with Gasteiger partial charge in [0.1, 0.15) is 28.9 Å². The van der Waals surface area contributed by atoms with Crippen LogP contribution < -0.4 is 0 Å². The molecule has 0 aliphatic carbocycles. The number of ether oxygens (including phenoxy) is 4. The second-order valence-corrected chi connectivity index (χ2v) is 9.62. The molecule has 1 heterocycles. The molecule has 27 heavy (non-hydrogen) atoms. The fourth-order valence-electron chi connectivity index (χ4n) is 2.41. The maximum Gasteiger partial charge on any atom is 0.509 e. The summed E-state index contributed by atoms with van der Waals surface area (Å²) in [5.41, 5.74) is -2.13. The van der Waals surface area contributed by atoms with Gasteiger partial charge in [0.25, 0.3) is 0 Å². The summed E-state index contributed by atoms with van der Waals surface area (Å²) in [6.45, 7) is 15.6. The van der Waals surface area contributed by atoms with E-state index in [1.54, 1.807) is 62.3 Å². The van der Waals surface area contributed by atoms with Gasteiger partial charge in [-0.3, -0.25) is 4.90 Å². The third-order valence-corrected chi connectivity index (χ3v) is 3.22. The van der Waals surface area contributed by atoms with Crippen LogP contribution in [-0.4, -0.2) is 58.6 Å². The molecule has 1 aliphatic rings. The van der Waals surface area contributed by atoms with Crippen molar-refractivity contribution in [1.82, 2.24) is 4.90 Å². The van der Waals surface area contributed by atoms with E-state index in [9.17, 15) is 14.4 Å². The number of amides is 1. The number of hydrogen-bond acceptors (Lipinski definition) is 7. The molecule has 0 aromatic rings. The fraction of sp³-hybridized carbons (Fsp3) is 0.842.